The summed E-state index contributed by atoms with van der Waals surface area (Å²) in [4.78, 5) is 2.69. The first-order chi connectivity index (χ1) is 2.41. The van der Waals surface area contributed by atoms with Crippen LogP contribution in [-0.4, -0.2) is 0 Å². The van der Waals surface area contributed by atoms with Crippen LogP contribution in [0.25, 0.3) is 0 Å². The molecule has 0 aliphatic rings. The molecular formula is HNP2S2. The van der Waals surface area contributed by atoms with Gasteiger partial charge in [0.15, 0.2) is 0 Å². The first-order valence-electron chi connectivity index (χ1n) is 0.812. The molecule has 0 aromatic rings. The highest BCUT2D eigenvalue weighted by molar-refractivity contribution is 8.02. The summed E-state index contributed by atoms with van der Waals surface area (Å²) in [5, 5.41) is 0. The Labute approximate surface area is 43.9 Å². The van der Waals surface area contributed by atoms with Gasteiger partial charge in [-0.15, -0.1) is 0 Å². The van der Waals surface area contributed by atoms with Crippen molar-refractivity contribution in [2.24, 2.45) is 0 Å². The van der Waals surface area contributed by atoms with Crippen LogP contribution in [-0.2, 0) is 23.6 Å². The molecule has 1 nitrogen and oxygen atoms in total. The predicted octanol–water partition coefficient (Wildman–Crippen LogP) is 1.22. The van der Waals surface area contributed by atoms with Gasteiger partial charge in [0.1, 0.15) is 0 Å². The molecule has 28 valence electrons. The van der Waals surface area contributed by atoms with Crippen LogP contribution in [0, 0.1) is 0 Å². The SMILES string of the molecule is S=PNP=S. The highest BCUT2D eigenvalue weighted by Crippen LogP contribution is 1.90. The van der Waals surface area contributed by atoms with Crippen molar-refractivity contribution in [1.82, 2.24) is 4.86 Å². The second-order valence-electron chi connectivity index (χ2n) is 0.283. The van der Waals surface area contributed by atoms with Crippen molar-refractivity contribution < 1.29 is 0 Å². The second-order valence-corrected chi connectivity index (χ2v) is 2.54. The maximum atomic E-state index is 4.44. The third kappa shape index (κ3) is 5.00. The highest BCUT2D eigenvalue weighted by atomic mass is 32.4. The fraction of sp³-hybridized carbons (Fsp3) is 0. The molecule has 0 aliphatic carbocycles. The minimum Gasteiger partial charge on any atom is -0.204 e. The molecule has 0 aromatic heterocycles. The summed E-state index contributed by atoms with van der Waals surface area (Å²) in [5.74, 6) is 0. The number of hydrogen-bond donors (Lipinski definition) is 1. The van der Waals surface area contributed by atoms with Gasteiger partial charge < -0.3 is 0 Å². The van der Waals surface area contributed by atoms with Crippen LogP contribution in [0.15, 0.2) is 0 Å². The summed E-state index contributed by atoms with van der Waals surface area (Å²) >= 11 is 8.88. The molecule has 5 heavy (non-hydrogen) atoms. The molecule has 0 bridgehead atoms. The lowest BCUT2D eigenvalue weighted by atomic mass is 13.9. The highest BCUT2D eigenvalue weighted by Gasteiger charge is 1.54. The van der Waals surface area contributed by atoms with Crippen molar-refractivity contribution in [2.45, 2.75) is 0 Å². The summed E-state index contributed by atoms with van der Waals surface area (Å²) in [6.07, 6.45) is 0. The van der Waals surface area contributed by atoms with E-state index in [0.29, 0.717) is 0 Å². The van der Waals surface area contributed by atoms with Crippen LogP contribution in [0.4, 0.5) is 0 Å². The first-order valence-corrected chi connectivity index (χ1v) is 4.63. The van der Waals surface area contributed by atoms with Crippen molar-refractivity contribution in [1.29, 1.82) is 0 Å². The third-order valence-electron chi connectivity index (χ3n) is 0.0816. The molecule has 0 saturated heterocycles. The van der Waals surface area contributed by atoms with Gasteiger partial charge in [0.2, 0.25) is 0 Å². The normalized spacial score (nSPS) is 9.60. The van der Waals surface area contributed by atoms with Crippen molar-refractivity contribution in [3.63, 3.8) is 0 Å². The molecule has 5 heteroatoms. The van der Waals surface area contributed by atoms with E-state index in [1.807, 2.05) is 0 Å². The molecule has 0 saturated carbocycles. The average Bonchev–Trinajstić information content (AvgIpc) is 1.41. The van der Waals surface area contributed by atoms with Gasteiger partial charge in [0.05, 0.1) is 15.0 Å². The molecule has 0 spiro atoms. The van der Waals surface area contributed by atoms with E-state index in [-0.39, 0.29) is 0 Å². The molecule has 0 heterocycles. The summed E-state index contributed by atoms with van der Waals surface area (Å²) in [6.45, 7) is 0. The molecule has 0 fully saturated rings. The van der Waals surface area contributed by atoms with E-state index in [0.717, 1.165) is 15.0 Å². The zero-order chi connectivity index (χ0) is 4.12. The van der Waals surface area contributed by atoms with Crippen LogP contribution >= 0.6 is 15.0 Å². The van der Waals surface area contributed by atoms with E-state index >= 15 is 0 Å². The summed E-state index contributed by atoms with van der Waals surface area (Å²) < 4.78 is 0. The Morgan fingerprint density at radius 1 is 1.20 bits per heavy atom. The van der Waals surface area contributed by atoms with Crippen LogP contribution in [0.3, 0.4) is 0 Å². The van der Waals surface area contributed by atoms with Gasteiger partial charge in [0, 0.05) is 0 Å². The van der Waals surface area contributed by atoms with Gasteiger partial charge in [-0.1, -0.05) is 0 Å². The lowest BCUT2D eigenvalue weighted by molar-refractivity contribution is 1.78. The molecule has 0 atom stereocenters. The van der Waals surface area contributed by atoms with Gasteiger partial charge in [-0.3, -0.25) is 0 Å². The van der Waals surface area contributed by atoms with E-state index in [9.17, 15) is 0 Å². The van der Waals surface area contributed by atoms with Crippen molar-refractivity contribution in [3.8, 4) is 0 Å². The predicted molar refractivity (Wildman–Crippen MR) is 31.7 cm³/mol. The van der Waals surface area contributed by atoms with Gasteiger partial charge in [-0.25, -0.2) is 4.86 Å². The molecular weight excluding hydrogens is 140 g/mol. The zero-order valence-corrected chi connectivity index (χ0v) is 5.63. The molecule has 0 unspecified atom stereocenters. The Balaban J connectivity index is 2.65. The summed E-state index contributed by atoms with van der Waals surface area (Å²) in [6, 6.07) is 0. The van der Waals surface area contributed by atoms with Gasteiger partial charge >= 0.3 is 0 Å². The van der Waals surface area contributed by atoms with Gasteiger partial charge in [0.25, 0.3) is 0 Å². The largest absolute Gasteiger partial charge is 0.204 e. The average molecular weight is 141 g/mol. The molecule has 0 amide bonds. The Kier molecular flexibility index (Phi) is 6.00. The van der Waals surface area contributed by atoms with Crippen LogP contribution in [0.5, 0.6) is 0 Å². The minimum absolute atomic E-state index is 0.747. The maximum Gasteiger partial charge on any atom is 0.0676 e. The molecule has 0 aliphatic heterocycles. The van der Waals surface area contributed by atoms with Crippen molar-refractivity contribution in [3.05, 3.63) is 0 Å². The van der Waals surface area contributed by atoms with Gasteiger partial charge in [-0.2, -0.15) is 0 Å². The topological polar surface area (TPSA) is 12.0 Å². The third-order valence-corrected chi connectivity index (χ3v) is 2.20. The minimum atomic E-state index is 0.747. The van der Waals surface area contributed by atoms with Crippen molar-refractivity contribution >= 4 is 38.6 Å². The van der Waals surface area contributed by atoms with Gasteiger partial charge in [-0.05, 0) is 23.6 Å². The first kappa shape index (κ1) is 6.00. The number of nitrogens with one attached hydrogen (secondary N) is 1. The summed E-state index contributed by atoms with van der Waals surface area (Å²) in [5.41, 5.74) is 0. The smallest absolute Gasteiger partial charge is 0.0676 e. The molecule has 0 aromatic carbocycles. The Hall–Kier alpha value is 1.00. The Morgan fingerprint density at radius 2 is 1.60 bits per heavy atom. The van der Waals surface area contributed by atoms with Crippen molar-refractivity contribution in [2.75, 3.05) is 0 Å². The lowest BCUT2D eigenvalue weighted by Gasteiger charge is -1.64. The lowest BCUT2D eigenvalue weighted by Crippen LogP contribution is -1.63. The maximum absolute atomic E-state index is 4.44. The van der Waals surface area contributed by atoms with Crippen LogP contribution in [0.1, 0.15) is 0 Å². The molecule has 0 radical (unpaired) electrons. The molecule has 1 N–H and O–H groups in total. The van der Waals surface area contributed by atoms with E-state index in [1.54, 1.807) is 0 Å². The molecule has 0 rings (SSSR count). The fourth-order valence-corrected chi connectivity index (χ4v) is 1.35. The summed E-state index contributed by atoms with van der Waals surface area (Å²) in [7, 11) is 1.49. The zero-order valence-electron chi connectivity index (χ0n) is 2.21. The standard InChI is InChI=1S/HNP2S2/c4-2-1-3-5/h(H,1,4,5). The van der Waals surface area contributed by atoms with Crippen LogP contribution < -0.4 is 4.86 Å². The van der Waals surface area contributed by atoms with E-state index in [4.69, 9.17) is 0 Å². The Bertz CT molecular complexity index is 36.9. The van der Waals surface area contributed by atoms with E-state index in [1.165, 1.54) is 0 Å². The quantitative estimate of drug-likeness (QED) is 0.580. The number of hydrogen-bond acceptors (Lipinski definition) is 2. The fourth-order valence-electron chi connectivity index (χ4n) is 0.0167. The van der Waals surface area contributed by atoms with Crippen LogP contribution in [0.2, 0.25) is 0 Å². The van der Waals surface area contributed by atoms with E-state index in [2.05, 4.69) is 28.5 Å². The second kappa shape index (κ2) is 5.00. The van der Waals surface area contributed by atoms with E-state index < -0.39 is 0 Å². The Morgan fingerprint density at radius 3 is 1.60 bits per heavy atom. The number of rotatable bonds is 2. The monoisotopic (exact) mass is 141 g/mol.